The Morgan fingerprint density at radius 1 is 1.56 bits per heavy atom. The second-order valence-corrected chi connectivity index (χ2v) is 3.70. The van der Waals surface area contributed by atoms with Crippen LogP contribution in [0.1, 0.15) is 19.4 Å². The van der Waals surface area contributed by atoms with Crippen LogP contribution >= 0.6 is 0 Å². The molecule has 0 amide bonds. The van der Waals surface area contributed by atoms with Gasteiger partial charge in [-0.1, -0.05) is 0 Å². The lowest BCUT2D eigenvalue weighted by molar-refractivity contribution is 0.104. The summed E-state index contributed by atoms with van der Waals surface area (Å²) >= 11 is 0. The minimum atomic E-state index is -1.35. The minimum absolute atomic E-state index is 0.311. The highest BCUT2D eigenvalue weighted by molar-refractivity contribution is 5.11. The van der Waals surface area contributed by atoms with Gasteiger partial charge >= 0.3 is 5.69 Å². The Morgan fingerprint density at radius 2 is 2.25 bits per heavy atom. The van der Waals surface area contributed by atoms with E-state index in [9.17, 15) is 19.1 Å². The lowest BCUT2D eigenvalue weighted by atomic mass is 10.1. The summed E-state index contributed by atoms with van der Waals surface area (Å²) in [5, 5.41) is 9.45. The molecule has 0 aliphatic carbocycles. The second kappa shape index (κ2) is 3.75. The zero-order chi connectivity index (χ0) is 11.9. The number of aromatic amines is 1. The highest BCUT2D eigenvalue weighted by atomic mass is 19.1. The molecule has 0 saturated carbocycles. The molecule has 2 unspecified atom stereocenters. The van der Waals surface area contributed by atoms with E-state index < -0.39 is 29.0 Å². The van der Waals surface area contributed by atoms with Gasteiger partial charge in [-0.3, -0.25) is 14.3 Å². The van der Waals surface area contributed by atoms with Crippen LogP contribution in [0.15, 0.2) is 9.59 Å². The average Bonchev–Trinajstić information content (AvgIpc) is 2.62. The topological polar surface area (TPSA) is 84.3 Å². The fourth-order valence-electron chi connectivity index (χ4n) is 1.88. The van der Waals surface area contributed by atoms with E-state index in [0.717, 1.165) is 4.57 Å². The Morgan fingerprint density at radius 3 is 2.81 bits per heavy atom. The Hall–Kier alpha value is -1.63. The van der Waals surface area contributed by atoms with Crippen molar-refractivity contribution in [3.8, 4) is 5.88 Å². The molecule has 1 aromatic rings. The van der Waals surface area contributed by atoms with Gasteiger partial charge in [0, 0.05) is 6.61 Å². The van der Waals surface area contributed by atoms with Gasteiger partial charge in [0.15, 0.2) is 0 Å². The predicted octanol–water partition coefficient (Wildman–Crippen LogP) is -0.269. The Labute approximate surface area is 89.3 Å². The van der Waals surface area contributed by atoms with E-state index in [-0.39, 0.29) is 6.10 Å². The van der Waals surface area contributed by atoms with E-state index >= 15 is 0 Å². The van der Waals surface area contributed by atoms with Crippen LogP contribution in [-0.4, -0.2) is 27.4 Å². The standard InChI is InChI=1S/C9H11FN2O4/c1-4-5(2-3-16-4)12-8(14)6(10)7(13)11-9(12)15/h4-5,14H,2-3H2,1H3,(H,11,13,15). The Balaban J connectivity index is 2.61. The van der Waals surface area contributed by atoms with Gasteiger partial charge in [0.1, 0.15) is 0 Å². The zero-order valence-electron chi connectivity index (χ0n) is 8.57. The van der Waals surface area contributed by atoms with Crippen molar-refractivity contribution in [1.82, 2.24) is 9.55 Å². The van der Waals surface area contributed by atoms with Crippen LogP contribution in [0.5, 0.6) is 5.88 Å². The molecule has 1 aromatic heterocycles. The first kappa shape index (κ1) is 10.9. The van der Waals surface area contributed by atoms with Gasteiger partial charge in [0.25, 0.3) is 5.56 Å². The van der Waals surface area contributed by atoms with Gasteiger partial charge in [-0.25, -0.2) is 4.79 Å². The molecule has 2 atom stereocenters. The van der Waals surface area contributed by atoms with Crippen molar-refractivity contribution >= 4 is 0 Å². The third-order valence-electron chi connectivity index (χ3n) is 2.73. The van der Waals surface area contributed by atoms with Gasteiger partial charge in [-0.05, 0) is 13.3 Å². The van der Waals surface area contributed by atoms with E-state index in [1.807, 2.05) is 0 Å². The molecule has 0 bridgehead atoms. The number of H-pyrrole nitrogens is 1. The maximum absolute atomic E-state index is 13.2. The monoisotopic (exact) mass is 230 g/mol. The van der Waals surface area contributed by atoms with Crippen molar-refractivity contribution in [2.75, 3.05) is 6.61 Å². The molecule has 1 aliphatic heterocycles. The van der Waals surface area contributed by atoms with Gasteiger partial charge in [-0.2, -0.15) is 4.39 Å². The SMILES string of the molecule is CC1OCCC1n1c(O)c(F)c(=O)[nH]c1=O. The summed E-state index contributed by atoms with van der Waals surface area (Å²) in [7, 11) is 0. The average molecular weight is 230 g/mol. The first-order valence-electron chi connectivity index (χ1n) is 4.87. The maximum Gasteiger partial charge on any atom is 0.331 e. The summed E-state index contributed by atoms with van der Waals surface area (Å²) in [5.74, 6) is -2.28. The molecular formula is C9H11FN2O4. The number of hydrogen-bond donors (Lipinski definition) is 2. The summed E-state index contributed by atoms with van der Waals surface area (Å²) < 4.78 is 19.2. The molecule has 0 aromatic carbocycles. The summed E-state index contributed by atoms with van der Waals surface area (Å²) in [4.78, 5) is 24.2. The number of aromatic nitrogens is 2. The minimum Gasteiger partial charge on any atom is -0.492 e. The fourth-order valence-corrected chi connectivity index (χ4v) is 1.88. The molecule has 1 saturated heterocycles. The number of nitrogens with one attached hydrogen (secondary N) is 1. The van der Waals surface area contributed by atoms with Crippen molar-refractivity contribution < 1.29 is 14.2 Å². The van der Waals surface area contributed by atoms with Crippen molar-refractivity contribution in [1.29, 1.82) is 0 Å². The Bertz CT molecular complexity index is 521. The van der Waals surface area contributed by atoms with Gasteiger partial charge in [0.2, 0.25) is 11.7 Å². The molecule has 7 heteroatoms. The summed E-state index contributed by atoms with van der Waals surface area (Å²) in [5.41, 5.74) is -2.04. The third kappa shape index (κ3) is 1.53. The van der Waals surface area contributed by atoms with Crippen molar-refractivity contribution in [2.24, 2.45) is 0 Å². The van der Waals surface area contributed by atoms with E-state index in [2.05, 4.69) is 0 Å². The van der Waals surface area contributed by atoms with Crippen molar-refractivity contribution in [2.45, 2.75) is 25.5 Å². The quantitative estimate of drug-likeness (QED) is 0.695. The number of rotatable bonds is 1. The molecule has 6 nitrogen and oxygen atoms in total. The molecule has 2 N–H and O–H groups in total. The molecule has 1 aliphatic rings. The van der Waals surface area contributed by atoms with Crippen LogP contribution in [-0.2, 0) is 4.74 Å². The van der Waals surface area contributed by atoms with Crippen LogP contribution in [0.25, 0.3) is 0 Å². The van der Waals surface area contributed by atoms with Gasteiger partial charge in [-0.15, -0.1) is 0 Å². The number of nitrogens with zero attached hydrogens (tertiary/aromatic N) is 1. The predicted molar refractivity (Wildman–Crippen MR) is 52.0 cm³/mol. The van der Waals surface area contributed by atoms with Gasteiger partial charge in [0.05, 0.1) is 12.1 Å². The Kier molecular flexibility index (Phi) is 2.55. The summed E-state index contributed by atoms with van der Waals surface area (Å²) in [6.07, 6.45) is 0.175. The second-order valence-electron chi connectivity index (χ2n) is 3.70. The highest BCUT2D eigenvalue weighted by Crippen LogP contribution is 2.27. The smallest absolute Gasteiger partial charge is 0.331 e. The van der Waals surface area contributed by atoms with E-state index in [1.54, 1.807) is 11.9 Å². The molecular weight excluding hydrogens is 219 g/mol. The van der Waals surface area contributed by atoms with Crippen LogP contribution < -0.4 is 11.2 Å². The number of hydrogen-bond acceptors (Lipinski definition) is 4. The fraction of sp³-hybridized carbons (Fsp3) is 0.556. The first-order valence-corrected chi connectivity index (χ1v) is 4.87. The molecule has 0 radical (unpaired) electrons. The maximum atomic E-state index is 13.2. The van der Waals surface area contributed by atoms with Crippen molar-refractivity contribution in [3.63, 3.8) is 0 Å². The molecule has 16 heavy (non-hydrogen) atoms. The van der Waals surface area contributed by atoms with Crippen LogP contribution in [0.2, 0.25) is 0 Å². The normalized spacial score (nSPS) is 24.9. The van der Waals surface area contributed by atoms with E-state index in [1.165, 1.54) is 0 Å². The third-order valence-corrected chi connectivity index (χ3v) is 2.73. The summed E-state index contributed by atoms with van der Waals surface area (Å²) in [6, 6.07) is -0.459. The lowest BCUT2D eigenvalue weighted by Gasteiger charge is -2.17. The number of aromatic hydroxyl groups is 1. The van der Waals surface area contributed by atoms with E-state index in [0.29, 0.717) is 13.0 Å². The van der Waals surface area contributed by atoms with Crippen LogP contribution in [0, 0.1) is 5.82 Å². The highest BCUT2D eigenvalue weighted by Gasteiger charge is 2.30. The van der Waals surface area contributed by atoms with Crippen LogP contribution in [0.4, 0.5) is 4.39 Å². The molecule has 2 rings (SSSR count). The number of ether oxygens (including phenoxy) is 1. The summed E-state index contributed by atoms with van der Waals surface area (Å²) in [6.45, 7) is 2.14. The number of halogens is 1. The lowest BCUT2D eigenvalue weighted by Crippen LogP contribution is -2.36. The first-order chi connectivity index (χ1) is 7.52. The molecule has 1 fully saturated rings. The van der Waals surface area contributed by atoms with Crippen molar-refractivity contribution in [3.05, 3.63) is 26.7 Å². The zero-order valence-corrected chi connectivity index (χ0v) is 8.57. The molecule has 88 valence electrons. The van der Waals surface area contributed by atoms with Gasteiger partial charge < -0.3 is 9.84 Å². The molecule has 2 heterocycles. The van der Waals surface area contributed by atoms with Crippen LogP contribution in [0.3, 0.4) is 0 Å². The van der Waals surface area contributed by atoms with E-state index in [4.69, 9.17) is 4.74 Å². The largest absolute Gasteiger partial charge is 0.492 e. The molecule has 0 spiro atoms.